The molecular weight excluding hydrogens is 210 g/mol. The van der Waals surface area contributed by atoms with Gasteiger partial charge in [-0.25, -0.2) is 0 Å². The van der Waals surface area contributed by atoms with Crippen molar-refractivity contribution < 1.29 is 5.21 Å². The molecule has 2 N–H and O–H groups in total. The van der Waals surface area contributed by atoms with Crippen LogP contribution in [0.25, 0.3) is 6.08 Å². The predicted molar refractivity (Wildman–Crippen MR) is 70.5 cm³/mol. The molecule has 0 aromatic heterocycles. The smallest absolute Gasteiger partial charge is 0.0753 e. The van der Waals surface area contributed by atoms with E-state index in [-0.39, 0.29) is 6.04 Å². The van der Waals surface area contributed by atoms with Gasteiger partial charge in [-0.1, -0.05) is 55.1 Å². The number of hydrogen-bond donors (Lipinski definition) is 2. The molecule has 1 aromatic rings. The van der Waals surface area contributed by atoms with E-state index in [1.54, 1.807) is 6.08 Å². The zero-order valence-corrected chi connectivity index (χ0v) is 9.51. The lowest BCUT2D eigenvalue weighted by atomic mass is 9.96. The lowest BCUT2D eigenvalue weighted by molar-refractivity contribution is 0.156. The van der Waals surface area contributed by atoms with Crippen LogP contribution in [0.4, 0.5) is 0 Å². The highest BCUT2D eigenvalue weighted by atomic mass is 16.5. The summed E-state index contributed by atoms with van der Waals surface area (Å²) in [6.07, 6.45) is 9.69. The maximum absolute atomic E-state index is 9.10. The molecule has 86 valence electrons. The van der Waals surface area contributed by atoms with Crippen molar-refractivity contribution >= 4 is 6.08 Å². The molecule has 1 aliphatic rings. The monoisotopic (exact) mass is 225 g/mol. The fourth-order valence-electron chi connectivity index (χ4n) is 1.77. The van der Waals surface area contributed by atoms with Crippen LogP contribution >= 0.6 is 0 Å². The van der Waals surface area contributed by atoms with Gasteiger partial charge in [-0.15, -0.1) is 0 Å². The fourth-order valence-corrected chi connectivity index (χ4v) is 1.77. The van der Waals surface area contributed by atoms with Gasteiger partial charge in [0.25, 0.3) is 0 Å². The van der Waals surface area contributed by atoms with Crippen molar-refractivity contribution in [1.29, 1.82) is 0 Å². The molecule has 0 aliphatic heterocycles. The van der Waals surface area contributed by atoms with Crippen molar-refractivity contribution in [3.05, 3.63) is 77.9 Å². The van der Waals surface area contributed by atoms with Crippen LogP contribution in [0, 0.1) is 0 Å². The zero-order valence-electron chi connectivity index (χ0n) is 9.51. The Morgan fingerprint density at radius 3 is 2.65 bits per heavy atom. The van der Waals surface area contributed by atoms with E-state index in [9.17, 15) is 0 Å². The maximum Gasteiger partial charge on any atom is 0.0753 e. The van der Waals surface area contributed by atoms with Crippen molar-refractivity contribution in [2.45, 2.75) is 6.04 Å². The number of benzene rings is 1. The standard InChI is InChI=1S/C15H15NO/c1-2-12-8-9-15(16-17)14(10-12)11-13-6-4-3-5-7-13/h2-11,15-17H,1H2. The third kappa shape index (κ3) is 2.81. The summed E-state index contributed by atoms with van der Waals surface area (Å²) in [5.74, 6) is 0. The number of rotatable bonds is 3. The molecule has 0 heterocycles. The van der Waals surface area contributed by atoms with Gasteiger partial charge in [0.05, 0.1) is 6.04 Å². The summed E-state index contributed by atoms with van der Waals surface area (Å²) in [6, 6.07) is 9.85. The average Bonchev–Trinajstić information content (AvgIpc) is 2.40. The lowest BCUT2D eigenvalue weighted by Gasteiger charge is -2.17. The molecule has 0 radical (unpaired) electrons. The minimum Gasteiger partial charge on any atom is -0.316 e. The van der Waals surface area contributed by atoms with Crippen LogP contribution in [0.2, 0.25) is 0 Å². The molecule has 0 fully saturated rings. The number of allylic oxidation sites excluding steroid dienone is 3. The number of nitrogens with one attached hydrogen (secondary N) is 1. The second kappa shape index (κ2) is 5.43. The van der Waals surface area contributed by atoms with Crippen LogP contribution < -0.4 is 5.48 Å². The first-order valence-electron chi connectivity index (χ1n) is 5.52. The third-order valence-corrected chi connectivity index (χ3v) is 2.68. The molecule has 0 saturated carbocycles. The van der Waals surface area contributed by atoms with Gasteiger partial charge >= 0.3 is 0 Å². The van der Waals surface area contributed by atoms with E-state index in [1.807, 2.05) is 54.6 Å². The summed E-state index contributed by atoms with van der Waals surface area (Å²) < 4.78 is 0. The molecule has 0 bridgehead atoms. The molecule has 17 heavy (non-hydrogen) atoms. The van der Waals surface area contributed by atoms with Crippen LogP contribution in [-0.4, -0.2) is 11.2 Å². The molecule has 1 aromatic carbocycles. The Morgan fingerprint density at radius 1 is 1.24 bits per heavy atom. The highest BCUT2D eigenvalue weighted by Gasteiger charge is 2.11. The van der Waals surface area contributed by atoms with Crippen molar-refractivity contribution in [1.82, 2.24) is 5.48 Å². The zero-order chi connectivity index (χ0) is 12.1. The number of hydrogen-bond acceptors (Lipinski definition) is 2. The fraction of sp³-hybridized carbons (Fsp3) is 0.0667. The van der Waals surface area contributed by atoms with Crippen molar-refractivity contribution in [3.63, 3.8) is 0 Å². The maximum atomic E-state index is 9.10. The van der Waals surface area contributed by atoms with E-state index in [0.29, 0.717) is 0 Å². The minimum atomic E-state index is -0.168. The quantitative estimate of drug-likeness (QED) is 0.775. The Morgan fingerprint density at radius 2 is 2.00 bits per heavy atom. The van der Waals surface area contributed by atoms with E-state index in [1.165, 1.54) is 0 Å². The van der Waals surface area contributed by atoms with E-state index in [4.69, 9.17) is 5.21 Å². The lowest BCUT2D eigenvalue weighted by Crippen LogP contribution is -2.26. The first-order chi connectivity index (χ1) is 8.33. The van der Waals surface area contributed by atoms with Crippen LogP contribution in [0.1, 0.15) is 5.56 Å². The summed E-state index contributed by atoms with van der Waals surface area (Å²) in [5.41, 5.74) is 5.44. The highest BCUT2D eigenvalue weighted by molar-refractivity contribution is 5.61. The largest absolute Gasteiger partial charge is 0.316 e. The SMILES string of the molecule is C=CC1=CC(=Cc2ccccc2)C(NO)C=C1. The first-order valence-corrected chi connectivity index (χ1v) is 5.52. The van der Waals surface area contributed by atoms with Crippen LogP contribution in [0.15, 0.2) is 72.4 Å². The molecule has 1 aliphatic carbocycles. The van der Waals surface area contributed by atoms with Gasteiger partial charge in [-0.05, 0) is 28.9 Å². The van der Waals surface area contributed by atoms with E-state index in [0.717, 1.165) is 16.7 Å². The van der Waals surface area contributed by atoms with Gasteiger partial charge in [-0.3, -0.25) is 0 Å². The first kappa shape index (κ1) is 11.6. The van der Waals surface area contributed by atoms with Crippen LogP contribution in [-0.2, 0) is 0 Å². The molecule has 0 saturated heterocycles. The van der Waals surface area contributed by atoms with Gasteiger partial charge in [0.15, 0.2) is 0 Å². The van der Waals surface area contributed by atoms with E-state index >= 15 is 0 Å². The molecule has 1 atom stereocenters. The minimum absolute atomic E-state index is 0.168. The van der Waals surface area contributed by atoms with E-state index < -0.39 is 0 Å². The molecular formula is C15H15NO. The Kier molecular flexibility index (Phi) is 3.70. The predicted octanol–water partition coefficient (Wildman–Crippen LogP) is 3.10. The summed E-state index contributed by atoms with van der Waals surface area (Å²) in [6.45, 7) is 3.75. The summed E-state index contributed by atoms with van der Waals surface area (Å²) >= 11 is 0. The molecule has 2 nitrogen and oxygen atoms in total. The second-order valence-electron chi connectivity index (χ2n) is 3.87. The molecule has 1 unspecified atom stereocenters. The summed E-state index contributed by atoms with van der Waals surface area (Å²) in [5, 5.41) is 9.10. The normalized spacial score (nSPS) is 21.4. The van der Waals surface area contributed by atoms with Crippen molar-refractivity contribution in [3.8, 4) is 0 Å². The number of hydroxylamine groups is 1. The Bertz CT molecular complexity index is 483. The molecule has 2 heteroatoms. The van der Waals surface area contributed by atoms with E-state index in [2.05, 4.69) is 12.1 Å². The summed E-state index contributed by atoms with van der Waals surface area (Å²) in [7, 11) is 0. The highest BCUT2D eigenvalue weighted by Crippen LogP contribution is 2.19. The summed E-state index contributed by atoms with van der Waals surface area (Å²) in [4.78, 5) is 0. The van der Waals surface area contributed by atoms with Crippen molar-refractivity contribution in [2.24, 2.45) is 0 Å². The Labute approximate surface area is 101 Å². The Balaban J connectivity index is 2.34. The molecule has 0 amide bonds. The van der Waals surface area contributed by atoms with Gasteiger partial charge in [0.2, 0.25) is 0 Å². The van der Waals surface area contributed by atoms with Crippen LogP contribution in [0.3, 0.4) is 0 Å². The average molecular weight is 225 g/mol. The van der Waals surface area contributed by atoms with Crippen LogP contribution in [0.5, 0.6) is 0 Å². The second-order valence-corrected chi connectivity index (χ2v) is 3.87. The van der Waals surface area contributed by atoms with Gasteiger partial charge in [0, 0.05) is 0 Å². The topological polar surface area (TPSA) is 32.3 Å². The van der Waals surface area contributed by atoms with Crippen molar-refractivity contribution in [2.75, 3.05) is 0 Å². The third-order valence-electron chi connectivity index (χ3n) is 2.68. The molecule has 2 rings (SSSR count). The van der Waals surface area contributed by atoms with Gasteiger partial charge < -0.3 is 5.21 Å². The Hall–Kier alpha value is -1.90. The van der Waals surface area contributed by atoms with Gasteiger partial charge in [0.1, 0.15) is 0 Å². The van der Waals surface area contributed by atoms with Gasteiger partial charge in [-0.2, -0.15) is 5.48 Å². The molecule has 0 spiro atoms.